The van der Waals surface area contributed by atoms with Gasteiger partial charge < -0.3 is 20.9 Å². The molecule has 3 rings (SSSR count). The van der Waals surface area contributed by atoms with Crippen LogP contribution in [0.4, 0.5) is 5.13 Å². The fourth-order valence-electron chi connectivity index (χ4n) is 3.41. The Balaban J connectivity index is 1.51. The maximum absolute atomic E-state index is 12.7. The molecular weight excluding hydrogens is 330 g/mol. The molecule has 130 valence electrons. The first-order valence-electron chi connectivity index (χ1n) is 7.95. The summed E-state index contributed by atoms with van der Waals surface area (Å²) in [6.45, 7) is 4.16. The Hall–Kier alpha value is -2.00. The lowest BCUT2D eigenvalue weighted by Crippen LogP contribution is -2.48. The van der Waals surface area contributed by atoms with E-state index < -0.39 is 5.41 Å². The van der Waals surface area contributed by atoms with Crippen LogP contribution in [0.15, 0.2) is 11.6 Å². The normalized spacial score (nSPS) is 25.4. The number of hydrogen-bond acceptors (Lipinski definition) is 6. The van der Waals surface area contributed by atoms with E-state index in [1.807, 2.05) is 0 Å². The van der Waals surface area contributed by atoms with Gasteiger partial charge in [-0.3, -0.25) is 14.4 Å². The average Bonchev–Trinajstić information content (AvgIpc) is 3.21. The Morgan fingerprint density at radius 2 is 2.33 bits per heavy atom. The minimum atomic E-state index is -0.572. The van der Waals surface area contributed by atoms with E-state index in [1.54, 1.807) is 16.5 Å². The van der Waals surface area contributed by atoms with Gasteiger partial charge in [0.2, 0.25) is 17.7 Å². The summed E-state index contributed by atoms with van der Waals surface area (Å²) < 4.78 is 0. The highest BCUT2D eigenvalue weighted by Gasteiger charge is 2.55. The van der Waals surface area contributed by atoms with E-state index in [0.29, 0.717) is 24.8 Å². The Labute approximate surface area is 144 Å². The second kappa shape index (κ2) is 6.86. The first-order valence-corrected chi connectivity index (χ1v) is 8.83. The van der Waals surface area contributed by atoms with Gasteiger partial charge in [-0.15, -0.1) is 11.3 Å². The van der Waals surface area contributed by atoms with Gasteiger partial charge >= 0.3 is 0 Å². The molecule has 8 nitrogen and oxygen atoms in total. The molecule has 2 atom stereocenters. The van der Waals surface area contributed by atoms with Crippen molar-refractivity contribution in [3.8, 4) is 0 Å². The zero-order valence-corrected chi connectivity index (χ0v) is 14.3. The average molecular weight is 351 g/mol. The van der Waals surface area contributed by atoms with Crippen LogP contribution in [0.25, 0.3) is 0 Å². The maximum atomic E-state index is 12.7. The van der Waals surface area contributed by atoms with Gasteiger partial charge in [-0.1, -0.05) is 0 Å². The fraction of sp³-hybridized carbons (Fsp3) is 0.600. The van der Waals surface area contributed by atoms with Crippen molar-refractivity contribution >= 4 is 34.2 Å². The smallest absolute Gasteiger partial charge is 0.229 e. The van der Waals surface area contributed by atoms with Crippen LogP contribution in [-0.2, 0) is 14.4 Å². The largest absolute Gasteiger partial charge is 0.355 e. The van der Waals surface area contributed by atoms with Crippen molar-refractivity contribution in [1.29, 1.82) is 0 Å². The lowest BCUT2D eigenvalue weighted by Gasteiger charge is -2.26. The molecule has 0 aliphatic carbocycles. The Morgan fingerprint density at radius 1 is 1.50 bits per heavy atom. The molecule has 3 N–H and O–H groups in total. The molecule has 0 radical (unpaired) electrons. The van der Waals surface area contributed by atoms with E-state index in [-0.39, 0.29) is 36.6 Å². The number of thiazole rings is 1. The van der Waals surface area contributed by atoms with Crippen LogP contribution < -0.4 is 16.0 Å². The van der Waals surface area contributed by atoms with Crippen molar-refractivity contribution in [3.05, 3.63) is 11.6 Å². The summed E-state index contributed by atoms with van der Waals surface area (Å²) in [6, 6.07) is 0. The minimum Gasteiger partial charge on any atom is -0.355 e. The molecular formula is C15H21N5O3S. The molecule has 2 fully saturated rings. The van der Waals surface area contributed by atoms with Crippen molar-refractivity contribution in [2.24, 2.45) is 11.3 Å². The number of nitrogens with one attached hydrogen (secondary N) is 3. The van der Waals surface area contributed by atoms with Crippen molar-refractivity contribution in [2.75, 3.05) is 38.0 Å². The SMILES string of the molecule is CC(=O)N1C[C@@H]2CNC[C@]2(C(=O)NCCC(=O)Nc2nccs2)C1. The quantitative estimate of drug-likeness (QED) is 0.673. The summed E-state index contributed by atoms with van der Waals surface area (Å²) in [5, 5.41) is 11.1. The second-order valence-corrected chi connectivity index (χ2v) is 7.17. The summed E-state index contributed by atoms with van der Waals surface area (Å²) in [6.07, 6.45) is 1.81. The predicted octanol–water partition coefficient (Wildman–Crippen LogP) is -0.344. The minimum absolute atomic E-state index is 0.000555. The summed E-state index contributed by atoms with van der Waals surface area (Å²) in [7, 11) is 0. The Kier molecular flexibility index (Phi) is 4.81. The molecule has 0 unspecified atom stereocenters. The van der Waals surface area contributed by atoms with Gasteiger partial charge in [0.25, 0.3) is 0 Å². The van der Waals surface area contributed by atoms with E-state index in [1.165, 1.54) is 18.3 Å². The summed E-state index contributed by atoms with van der Waals surface area (Å²) in [5.74, 6) is -0.131. The first kappa shape index (κ1) is 16.8. The molecule has 2 aliphatic rings. The highest BCUT2D eigenvalue weighted by atomic mass is 32.1. The van der Waals surface area contributed by atoms with Crippen LogP contribution in [0.1, 0.15) is 13.3 Å². The number of amides is 3. The lowest BCUT2D eigenvalue weighted by atomic mass is 9.80. The molecule has 0 aromatic carbocycles. The van der Waals surface area contributed by atoms with E-state index in [9.17, 15) is 14.4 Å². The highest BCUT2D eigenvalue weighted by Crippen LogP contribution is 2.39. The highest BCUT2D eigenvalue weighted by molar-refractivity contribution is 7.13. The zero-order chi connectivity index (χ0) is 17.2. The molecule has 3 heterocycles. The van der Waals surface area contributed by atoms with E-state index in [4.69, 9.17) is 0 Å². The molecule has 9 heteroatoms. The van der Waals surface area contributed by atoms with Crippen molar-refractivity contribution in [1.82, 2.24) is 20.5 Å². The van der Waals surface area contributed by atoms with Crippen molar-refractivity contribution < 1.29 is 14.4 Å². The van der Waals surface area contributed by atoms with Gasteiger partial charge in [-0.25, -0.2) is 4.98 Å². The van der Waals surface area contributed by atoms with Crippen molar-refractivity contribution in [3.63, 3.8) is 0 Å². The van der Waals surface area contributed by atoms with Gasteiger partial charge in [0.05, 0.1) is 5.41 Å². The van der Waals surface area contributed by atoms with Gasteiger partial charge in [-0.2, -0.15) is 0 Å². The number of aromatic nitrogens is 1. The molecule has 3 amide bonds. The maximum Gasteiger partial charge on any atom is 0.229 e. The van der Waals surface area contributed by atoms with E-state index >= 15 is 0 Å². The summed E-state index contributed by atoms with van der Waals surface area (Å²) in [5.41, 5.74) is -0.572. The standard InChI is InChI=1S/C15H21N5O3S/c1-10(21)20-7-11-6-16-8-15(11,9-20)13(23)17-3-2-12(22)19-14-18-4-5-24-14/h4-5,11,16H,2-3,6-9H2,1H3,(H,17,23)(H,18,19,22)/t11-,15-/m0/s1. The van der Waals surface area contributed by atoms with Crippen LogP contribution in [-0.4, -0.2) is 60.3 Å². The zero-order valence-electron chi connectivity index (χ0n) is 13.5. The number of rotatable bonds is 5. The third kappa shape index (κ3) is 3.27. The van der Waals surface area contributed by atoms with Gasteiger partial charge in [0.15, 0.2) is 5.13 Å². The molecule has 0 spiro atoms. The second-order valence-electron chi connectivity index (χ2n) is 6.27. The molecule has 1 aromatic rings. The number of carbonyl (C=O) groups is 3. The first-order chi connectivity index (χ1) is 11.5. The number of carbonyl (C=O) groups excluding carboxylic acids is 3. The van der Waals surface area contributed by atoms with Gasteiger partial charge in [0, 0.05) is 63.6 Å². The number of likely N-dealkylation sites (tertiary alicyclic amines) is 1. The summed E-state index contributed by atoms with van der Waals surface area (Å²) in [4.78, 5) is 41.8. The van der Waals surface area contributed by atoms with Crippen LogP contribution in [0.3, 0.4) is 0 Å². The van der Waals surface area contributed by atoms with Crippen LogP contribution >= 0.6 is 11.3 Å². The predicted molar refractivity (Wildman–Crippen MR) is 89.4 cm³/mol. The lowest BCUT2D eigenvalue weighted by molar-refractivity contribution is -0.132. The summed E-state index contributed by atoms with van der Waals surface area (Å²) >= 11 is 1.35. The molecule has 0 saturated carbocycles. The topological polar surface area (TPSA) is 103 Å². The number of nitrogens with zero attached hydrogens (tertiary/aromatic N) is 2. The van der Waals surface area contributed by atoms with E-state index in [0.717, 1.165) is 6.54 Å². The monoisotopic (exact) mass is 351 g/mol. The van der Waals surface area contributed by atoms with Crippen LogP contribution in [0.5, 0.6) is 0 Å². The fourth-order valence-corrected chi connectivity index (χ4v) is 3.96. The van der Waals surface area contributed by atoms with E-state index in [2.05, 4.69) is 20.9 Å². The Morgan fingerprint density at radius 3 is 3.04 bits per heavy atom. The number of hydrogen-bond donors (Lipinski definition) is 3. The molecule has 0 bridgehead atoms. The van der Waals surface area contributed by atoms with Crippen molar-refractivity contribution in [2.45, 2.75) is 13.3 Å². The van der Waals surface area contributed by atoms with Crippen LogP contribution in [0.2, 0.25) is 0 Å². The molecule has 24 heavy (non-hydrogen) atoms. The molecule has 2 aliphatic heterocycles. The van der Waals surface area contributed by atoms with Gasteiger partial charge in [0.1, 0.15) is 0 Å². The molecule has 1 aromatic heterocycles. The third-order valence-corrected chi connectivity index (χ3v) is 5.43. The molecule has 2 saturated heterocycles. The van der Waals surface area contributed by atoms with Gasteiger partial charge in [-0.05, 0) is 0 Å². The third-order valence-electron chi connectivity index (χ3n) is 4.74. The van der Waals surface area contributed by atoms with Crippen LogP contribution in [0, 0.1) is 11.3 Å². The number of fused-ring (bicyclic) bond motifs is 1. The number of anilines is 1. The Bertz CT molecular complexity index is 635.